The van der Waals surface area contributed by atoms with Crippen LogP contribution in [0.4, 0.5) is 17.1 Å². The van der Waals surface area contributed by atoms with Crippen molar-refractivity contribution in [2.75, 3.05) is 40.3 Å². The number of nitrogens with zero attached hydrogens (tertiary/aromatic N) is 4. The smallest absolute Gasteiger partial charge is 0.260 e. The SMILES string of the molecule is C.CC.COc1ccc(C2=CN3C(=O)c4cc(OC)c(OCCCOc5cc6c(cc5OC)C(=O)N5C=C(c7ccc(N)cc7)CC5C=N6)cc4N=C[C@@H]3C2)cc1. The van der Waals surface area contributed by atoms with Gasteiger partial charge in [0.2, 0.25) is 0 Å². The van der Waals surface area contributed by atoms with Gasteiger partial charge in [0, 0.05) is 61.9 Å². The standard InChI is InChI=1S/C42H39N5O7.C2H6.CH4/c1-50-32-11-7-26(8-12-32)28-16-31-22-45-36-20-40(38(52-3)18-34(36)42(49)47(31)24-28)54-14-4-13-53-39-19-35-33(17-37(39)51-2)41(48)46-23-27(15-30(46)21-44-35)25-5-9-29(43)10-6-25;1-2;/h5-12,17-24,30-31H,4,13-16,43H2,1-3H3;1-2H3;1H4/t30?,31-;;/m0../s1. The van der Waals surface area contributed by atoms with Gasteiger partial charge in [0.1, 0.15) is 5.75 Å². The second-order valence-corrected chi connectivity index (χ2v) is 13.3. The summed E-state index contributed by atoms with van der Waals surface area (Å²) >= 11 is 0. The van der Waals surface area contributed by atoms with Crippen molar-refractivity contribution in [1.82, 2.24) is 9.80 Å². The van der Waals surface area contributed by atoms with E-state index in [1.165, 1.54) is 7.11 Å². The van der Waals surface area contributed by atoms with Crippen LogP contribution in [0.5, 0.6) is 28.7 Å². The van der Waals surface area contributed by atoms with Gasteiger partial charge in [0.25, 0.3) is 11.8 Å². The van der Waals surface area contributed by atoms with Crippen LogP contribution in [0.2, 0.25) is 0 Å². The quantitative estimate of drug-likeness (QED) is 0.118. The van der Waals surface area contributed by atoms with E-state index in [1.54, 1.807) is 54.5 Å². The molecule has 0 saturated carbocycles. The Morgan fingerprint density at radius 3 is 1.49 bits per heavy atom. The number of nitrogen functional groups attached to an aromatic ring is 1. The minimum atomic E-state index is -0.203. The number of hydrogen-bond acceptors (Lipinski definition) is 10. The molecule has 4 aromatic carbocycles. The monoisotopic (exact) mass is 771 g/mol. The molecule has 2 N–H and O–H groups in total. The Labute approximate surface area is 333 Å². The molecule has 12 heteroatoms. The van der Waals surface area contributed by atoms with Gasteiger partial charge in [-0.25, -0.2) is 0 Å². The molecular formula is C45H49N5O7. The molecular weight excluding hydrogens is 723 g/mol. The van der Waals surface area contributed by atoms with Gasteiger partial charge in [0.15, 0.2) is 23.0 Å². The van der Waals surface area contributed by atoms with Crippen LogP contribution in [-0.2, 0) is 0 Å². The lowest BCUT2D eigenvalue weighted by Gasteiger charge is -2.19. The number of nitrogens with two attached hydrogens (primary N) is 1. The summed E-state index contributed by atoms with van der Waals surface area (Å²) in [6.45, 7) is 4.61. The Kier molecular flexibility index (Phi) is 12.3. The molecule has 0 spiro atoms. The number of hydrogen-bond donors (Lipinski definition) is 1. The van der Waals surface area contributed by atoms with Gasteiger partial charge in [0.05, 0.1) is 69.1 Å². The fraction of sp³-hybridized carbons (Fsp3) is 0.289. The lowest BCUT2D eigenvalue weighted by atomic mass is 10.0. The normalized spacial score (nSPS) is 17.3. The van der Waals surface area contributed by atoms with Crippen molar-refractivity contribution in [2.45, 2.75) is 52.6 Å². The summed E-state index contributed by atoms with van der Waals surface area (Å²) in [5, 5.41) is 0. The maximum Gasteiger partial charge on any atom is 0.260 e. The van der Waals surface area contributed by atoms with Gasteiger partial charge in [-0.1, -0.05) is 45.5 Å². The number of amides is 2. The Bertz CT molecular complexity index is 2250. The molecule has 12 nitrogen and oxygen atoms in total. The van der Waals surface area contributed by atoms with E-state index < -0.39 is 0 Å². The summed E-state index contributed by atoms with van der Waals surface area (Å²) in [5.41, 5.74) is 12.6. The fourth-order valence-electron chi connectivity index (χ4n) is 7.07. The first-order valence-electron chi connectivity index (χ1n) is 18.7. The van der Waals surface area contributed by atoms with E-state index in [9.17, 15) is 9.59 Å². The molecule has 0 bridgehead atoms. The molecule has 57 heavy (non-hydrogen) atoms. The third-order valence-corrected chi connectivity index (χ3v) is 9.97. The second-order valence-electron chi connectivity index (χ2n) is 13.3. The van der Waals surface area contributed by atoms with Crippen LogP contribution in [-0.4, -0.2) is 80.7 Å². The second kappa shape index (κ2) is 17.5. The average molecular weight is 772 g/mol. The zero-order valence-corrected chi connectivity index (χ0v) is 32.2. The van der Waals surface area contributed by atoms with Gasteiger partial charge in [-0.3, -0.25) is 19.6 Å². The molecule has 1 unspecified atom stereocenters. The van der Waals surface area contributed by atoms with Crippen molar-refractivity contribution in [2.24, 2.45) is 9.98 Å². The van der Waals surface area contributed by atoms with Crippen LogP contribution < -0.4 is 29.4 Å². The van der Waals surface area contributed by atoms with E-state index in [0.717, 1.165) is 28.0 Å². The molecule has 8 rings (SSSR count). The highest BCUT2D eigenvalue weighted by molar-refractivity contribution is 6.06. The Balaban J connectivity index is 0.00000180. The number of methoxy groups -OCH3 is 3. The lowest BCUT2D eigenvalue weighted by molar-refractivity contribution is 0.0809. The number of aliphatic imine (C=N–C) groups is 2. The van der Waals surface area contributed by atoms with Crippen molar-refractivity contribution in [3.63, 3.8) is 0 Å². The Morgan fingerprint density at radius 1 is 0.632 bits per heavy atom. The molecule has 0 fully saturated rings. The van der Waals surface area contributed by atoms with Gasteiger partial charge in [-0.05, 0) is 58.7 Å². The molecule has 4 aliphatic rings. The van der Waals surface area contributed by atoms with Gasteiger partial charge in [-0.2, -0.15) is 0 Å². The average Bonchev–Trinajstić information content (AvgIpc) is 3.81. The van der Waals surface area contributed by atoms with E-state index in [4.69, 9.17) is 34.4 Å². The first-order valence-corrected chi connectivity index (χ1v) is 18.7. The van der Waals surface area contributed by atoms with Crippen LogP contribution in [0.15, 0.2) is 95.2 Å². The number of anilines is 1. The van der Waals surface area contributed by atoms with Crippen LogP contribution >= 0.6 is 0 Å². The largest absolute Gasteiger partial charge is 0.497 e. The predicted octanol–water partition coefficient (Wildman–Crippen LogP) is 8.75. The minimum absolute atomic E-state index is 0. The third kappa shape index (κ3) is 8.07. The van der Waals surface area contributed by atoms with E-state index in [1.807, 2.05) is 81.0 Å². The zero-order valence-electron chi connectivity index (χ0n) is 32.2. The number of carbonyl (C=O) groups excluding carboxylic acids is 2. The zero-order chi connectivity index (χ0) is 39.3. The van der Waals surface area contributed by atoms with E-state index in [2.05, 4.69) is 4.99 Å². The van der Waals surface area contributed by atoms with E-state index in [0.29, 0.717) is 83.7 Å². The van der Waals surface area contributed by atoms with Crippen LogP contribution in [0, 0.1) is 0 Å². The molecule has 0 aliphatic carbocycles. The maximum atomic E-state index is 13.7. The molecule has 0 saturated heterocycles. The van der Waals surface area contributed by atoms with Crippen LogP contribution in [0.1, 0.15) is 72.4 Å². The van der Waals surface area contributed by atoms with Crippen molar-refractivity contribution in [3.8, 4) is 28.7 Å². The van der Waals surface area contributed by atoms with Gasteiger partial charge in [-0.15, -0.1) is 0 Å². The first-order chi connectivity index (χ1) is 27.3. The molecule has 2 atom stereocenters. The Morgan fingerprint density at radius 2 is 1.07 bits per heavy atom. The van der Waals surface area contributed by atoms with Crippen molar-refractivity contribution >= 4 is 52.5 Å². The first kappa shape index (κ1) is 40.1. The van der Waals surface area contributed by atoms with Crippen molar-refractivity contribution in [1.29, 1.82) is 0 Å². The van der Waals surface area contributed by atoms with Crippen molar-refractivity contribution in [3.05, 3.63) is 107 Å². The fourth-order valence-corrected chi connectivity index (χ4v) is 7.07. The molecule has 296 valence electrons. The number of fused-ring (bicyclic) bond motifs is 4. The highest BCUT2D eigenvalue weighted by atomic mass is 16.5. The molecule has 4 heterocycles. The lowest BCUT2D eigenvalue weighted by Crippen LogP contribution is -2.32. The molecule has 4 aromatic rings. The number of rotatable bonds is 11. The summed E-state index contributed by atoms with van der Waals surface area (Å²) < 4.78 is 28.8. The molecule has 0 aromatic heterocycles. The minimum Gasteiger partial charge on any atom is -0.497 e. The Hall–Kier alpha value is -6.56. The summed E-state index contributed by atoms with van der Waals surface area (Å²) in [5.74, 6) is 2.27. The predicted molar refractivity (Wildman–Crippen MR) is 225 cm³/mol. The number of benzene rings is 4. The van der Waals surface area contributed by atoms with Gasteiger partial charge < -0.3 is 39.2 Å². The third-order valence-electron chi connectivity index (χ3n) is 9.97. The maximum absolute atomic E-state index is 13.7. The summed E-state index contributed by atoms with van der Waals surface area (Å²) in [7, 11) is 4.72. The number of carbonyl (C=O) groups is 2. The van der Waals surface area contributed by atoms with E-state index >= 15 is 0 Å². The van der Waals surface area contributed by atoms with Crippen LogP contribution in [0.3, 0.4) is 0 Å². The molecule has 2 amide bonds. The molecule has 4 aliphatic heterocycles. The number of ether oxygens (including phenoxy) is 5. The highest BCUT2D eigenvalue weighted by Gasteiger charge is 2.35. The van der Waals surface area contributed by atoms with E-state index in [-0.39, 0.29) is 31.3 Å². The van der Waals surface area contributed by atoms with Gasteiger partial charge >= 0.3 is 0 Å². The van der Waals surface area contributed by atoms with Crippen molar-refractivity contribution < 1.29 is 33.3 Å². The summed E-state index contributed by atoms with van der Waals surface area (Å²) in [6.07, 6.45) is 9.22. The topological polar surface area (TPSA) is 138 Å². The summed E-state index contributed by atoms with van der Waals surface area (Å²) in [4.78, 5) is 40.3. The summed E-state index contributed by atoms with van der Waals surface area (Å²) in [6, 6.07) is 21.9. The highest BCUT2D eigenvalue weighted by Crippen LogP contribution is 2.42. The molecule has 0 radical (unpaired) electrons. The van der Waals surface area contributed by atoms with Crippen LogP contribution in [0.25, 0.3) is 11.1 Å².